The molecule has 1 heterocycles. The van der Waals surface area contributed by atoms with Crippen molar-refractivity contribution in [3.63, 3.8) is 0 Å². The SMILES string of the molecule is O=C(Cn1ncc2ccccc2c1=O)NCc1ccccc1COc1ccccc1. The van der Waals surface area contributed by atoms with Gasteiger partial charge in [0, 0.05) is 11.9 Å². The first-order valence-electron chi connectivity index (χ1n) is 9.67. The molecule has 1 amide bonds. The van der Waals surface area contributed by atoms with E-state index in [0.29, 0.717) is 18.5 Å². The van der Waals surface area contributed by atoms with Gasteiger partial charge < -0.3 is 10.1 Å². The molecule has 4 rings (SSSR count). The highest BCUT2D eigenvalue weighted by atomic mass is 16.5. The Kier molecular flexibility index (Phi) is 5.85. The number of ether oxygens (including phenoxy) is 1. The number of para-hydroxylation sites is 1. The Bertz CT molecular complexity index is 1220. The van der Waals surface area contributed by atoms with E-state index in [9.17, 15) is 9.59 Å². The van der Waals surface area contributed by atoms with Gasteiger partial charge in [-0.3, -0.25) is 9.59 Å². The van der Waals surface area contributed by atoms with Crippen LogP contribution >= 0.6 is 0 Å². The van der Waals surface area contributed by atoms with Crippen LogP contribution in [0.1, 0.15) is 11.1 Å². The average Bonchev–Trinajstić information content (AvgIpc) is 2.79. The molecule has 3 aromatic carbocycles. The smallest absolute Gasteiger partial charge is 0.275 e. The van der Waals surface area contributed by atoms with E-state index in [1.165, 1.54) is 4.68 Å². The first-order chi connectivity index (χ1) is 14.7. The summed E-state index contributed by atoms with van der Waals surface area (Å²) in [6.07, 6.45) is 1.60. The van der Waals surface area contributed by atoms with Gasteiger partial charge in [-0.2, -0.15) is 5.10 Å². The second-order valence-corrected chi connectivity index (χ2v) is 6.84. The number of rotatable bonds is 7. The molecule has 4 aromatic rings. The van der Waals surface area contributed by atoms with Crippen LogP contribution in [0.2, 0.25) is 0 Å². The van der Waals surface area contributed by atoms with Crippen molar-refractivity contribution in [3.05, 3.63) is 107 Å². The van der Waals surface area contributed by atoms with Gasteiger partial charge >= 0.3 is 0 Å². The van der Waals surface area contributed by atoms with E-state index in [4.69, 9.17) is 4.74 Å². The summed E-state index contributed by atoms with van der Waals surface area (Å²) >= 11 is 0. The zero-order valence-electron chi connectivity index (χ0n) is 16.3. The minimum absolute atomic E-state index is 0.133. The predicted molar refractivity (Wildman–Crippen MR) is 115 cm³/mol. The molecule has 0 atom stereocenters. The maximum atomic E-state index is 12.5. The second kappa shape index (κ2) is 9.05. The Morgan fingerprint density at radius 2 is 1.60 bits per heavy atom. The van der Waals surface area contributed by atoms with E-state index >= 15 is 0 Å². The van der Waals surface area contributed by atoms with Crippen molar-refractivity contribution in [3.8, 4) is 5.75 Å². The van der Waals surface area contributed by atoms with Crippen molar-refractivity contribution in [2.75, 3.05) is 0 Å². The molecule has 0 aliphatic heterocycles. The number of carbonyl (C=O) groups excluding carboxylic acids is 1. The minimum Gasteiger partial charge on any atom is -0.489 e. The normalized spacial score (nSPS) is 10.7. The number of amides is 1. The van der Waals surface area contributed by atoms with Gasteiger partial charge in [0.2, 0.25) is 5.91 Å². The van der Waals surface area contributed by atoms with Crippen molar-refractivity contribution in [1.82, 2.24) is 15.1 Å². The second-order valence-electron chi connectivity index (χ2n) is 6.84. The number of hydrogen-bond acceptors (Lipinski definition) is 4. The Morgan fingerprint density at radius 3 is 2.43 bits per heavy atom. The largest absolute Gasteiger partial charge is 0.489 e. The van der Waals surface area contributed by atoms with Gasteiger partial charge in [0.15, 0.2) is 0 Å². The third kappa shape index (κ3) is 4.55. The van der Waals surface area contributed by atoms with E-state index in [1.807, 2.05) is 66.7 Å². The number of hydrogen-bond donors (Lipinski definition) is 1. The van der Waals surface area contributed by atoms with Crippen LogP contribution in [0.25, 0.3) is 10.8 Å². The average molecular weight is 399 g/mol. The Labute approximate surface area is 173 Å². The van der Waals surface area contributed by atoms with Gasteiger partial charge in [0.25, 0.3) is 5.56 Å². The summed E-state index contributed by atoms with van der Waals surface area (Å²) in [4.78, 5) is 24.9. The highest BCUT2D eigenvalue weighted by Gasteiger charge is 2.10. The fourth-order valence-corrected chi connectivity index (χ4v) is 3.17. The molecule has 0 fully saturated rings. The lowest BCUT2D eigenvalue weighted by molar-refractivity contribution is -0.122. The first-order valence-corrected chi connectivity index (χ1v) is 9.67. The van der Waals surface area contributed by atoms with Crippen LogP contribution in [-0.2, 0) is 24.5 Å². The van der Waals surface area contributed by atoms with Crippen LogP contribution < -0.4 is 15.6 Å². The van der Waals surface area contributed by atoms with Crippen molar-refractivity contribution in [2.45, 2.75) is 19.7 Å². The van der Waals surface area contributed by atoms with Crippen molar-refractivity contribution >= 4 is 16.7 Å². The van der Waals surface area contributed by atoms with Crippen molar-refractivity contribution < 1.29 is 9.53 Å². The maximum Gasteiger partial charge on any atom is 0.275 e. The Hall–Kier alpha value is -3.93. The van der Waals surface area contributed by atoms with Crippen molar-refractivity contribution in [1.29, 1.82) is 0 Å². The van der Waals surface area contributed by atoms with Crippen LogP contribution in [0, 0.1) is 0 Å². The summed E-state index contributed by atoms with van der Waals surface area (Å²) in [5.41, 5.74) is 1.67. The van der Waals surface area contributed by atoms with Crippen molar-refractivity contribution in [2.24, 2.45) is 0 Å². The molecular weight excluding hydrogens is 378 g/mol. The van der Waals surface area contributed by atoms with E-state index in [0.717, 1.165) is 22.3 Å². The molecule has 0 unspecified atom stereocenters. The van der Waals surface area contributed by atoms with E-state index in [-0.39, 0.29) is 18.0 Å². The van der Waals surface area contributed by atoms with Crippen LogP contribution in [0.4, 0.5) is 0 Å². The van der Waals surface area contributed by atoms with E-state index in [1.54, 1.807) is 18.3 Å². The quantitative estimate of drug-likeness (QED) is 0.518. The predicted octanol–water partition coefficient (Wildman–Crippen LogP) is 3.29. The highest BCUT2D eigenvalue weighted by Crippen LogP contribution is 2.14. The summed E-state index contributed by atoms with van der Waals surface area (Å²) in [6.45, 7) is 0.615. The fourth-order valence-electron chi connectivity index (χ4n) is 3.17. The molecule has 0 bridgehead atoms. The van der Waals surface area contributed by atoms with Gasteiger partial charge in [-0.15, -0.1) is 0 Å². The zero-order chi connectivity index (χ0) is 20.8. The molecule has 150 valence electrons. The fraction of sp³-hybridized carbons (Fsp3) is 0.125. The van der Waals surface area contributed by atoms with Gasteiger partial charge in [0.05, 0.1) is 11.6 Å². The lowest BCUT2D eigenvalue weighted by Crippen LogP contribution is -2.33. The Balaban J connectivity index is 1.40. The zero-order valence-corrected chi connectivity index (χ0v) is 16.3. The molecule has 6 heteroatoms. The number of nitrogens with one attached hydrogen (secondary N) is 1. The van der Waals surface area contributed by atoms with Gasteiger partial charge in [-0.1, -0.05) is 60.7 Å². The number of fused-ring (bicyclic) bond motifs is 1. The summed E-state index contributed by atoms with van der Waals surface area (Å²) in [5.74, 6) is 0.511. The molecule has 0 saturated carbocycles. The molecule has 0 radical (unpaired) electrons. The lowest BCUT2D eigenvalue weighted by atomic mass is 10.1. The topological polar surface area (TPSA) is 73.2 Å². The van der Waals surface area contributed by atoms with Gasteiger partial charge in [0.1, 0.15) is 18.9 Å². The molecule has 1 aromatic heterocycles. The molecule has 6 nitrogen and oxygen atoms in total. The van der Waals surface area contributed by atoms with Crippen LogP contribution in [0.15, 0.2) is 89.9 Å². The molecule has 0 aliphatic rings. The standard InChI is InChI=1S/C24H21N3O3/c28-23(16-27-24(29)22-13-7-6-9-19(22)15-26-27)25-14-18-8-4-5-10-20(18)17-30-21-11-2-1-3-12-21/h1-13,15H,14,16-17H2,(H,25,28). The summed E-state index contributed by atoms with van der Waals surface area (Å²) in [5, 5.41) is 8.27. The first kappa shape index (κ1) is 19.4. The third-order valence-corrected chi connectivity index (χ3v) is 4.79. The molecule has 0 aliphatic carbocycles. The third-order valence-electron chi connectivity index (χ3n) is 4.79. The Morgan fingerprint density at radius 1 is 0.900 bits per heavy atom. The molecule has 30 heavy (non-hydrogen) atoms. The summed E-state index contributed by atoms with van der Waals surface area (Å²) in [7, 11) is 0. The minimum atomic E-state index is -0.279. The van der Waals surface area contributed by atoms with Gasteiger partial charge in [-0.25, -0.2) is 4.68 Å². The van der Waals surface area contributed by atoms with Gasteiger partial charge in [-0.05, 0) is 29.3 Å². The monoisotopic (exact) mass is 399 g/mol. The summed E-state index contributed by atoms with van der Waals surface area (Å²) in [6, 6.07) is 24.6. The number of nitrogens with zero attached hydrogens (tertiary/aromatic N) is 2. The van der Waals surface area contributed by atoms with Crippen LogP contribution in [0.5, 0.6) is 5.75 Å². The molecule has 1 N–H and O–H groups in total. The highest BCUT2D eigenvalue weighted by molar-refractivity contribution is 5.81. The van der Waals surface area contributed by atoms with E-state index < -0.39 is 0 Å². The lowest BCUT2D eigenvalue weighted by Gasteiger charge is -2.12. The van der Waals surface area contributed by atoms with E-state index in [2.05, 4.69) is 10.4 Å². The number of carbonyl (C=O) groups is 1. The van der Waals surface area contributed by atoms with Crippen LogP contribution in [-0.4, -0.2) is 15.7 Å². The number of aromatic nitrogens is 2. The molecular formula is C24H21N3O3. The number of benzene rings is 3. The summed E-state index contributed by atoms with van der Waals surface area (Å²) < 4.78 is 7.01. The maximum absolute atomic E-state index is 12.5. The van der Waals surface area contributed by atoms with Crippen LogP contribution in [0.3, 0.4) is 0 Å². The molecule has 0 spiro atoms. The molecule has 0 saturated heterocycles.